The van der Waals surface area contributed by atoms with Crippen molar-refractivity contribution < 1.29 is 8.42 Å². The summed E-state index contributed by atoms with van der Waals surface area (Å²) in [7, 11) is -0.868. The van der Waals surface area contributed by atoms with E-state index in [4.69, 9.17) is 0 Å². The van der Waals surface area contributed by atoms with Gasteiger partial charge in [0.15, 0.2) is 9.84 Å². The fourth-order valence-corrected chi connectivity index (χ4v) is 3.63. The van der Waals surface area contributed by atoms with Crippen LogP contribution in [-0.2, 0) is 9.84 Å². The molecule has 84 valence electrons. The summed E-state index contributed by atoms with van der Waals surface area (Å²) in [6.07, 6.45) is 0.746. The van der Waals surface area contributed by atoms with Gasteiger partial charge in [-0.3, -0.25) is 0 Å². The fourth-order valence-electron chi connectivity index (χ4n) is 1.95. The quantitative estimate of drug-likeness (QED) is 0.686. The molecule has 2 N–H and O–H groups in total. The summed E-state index contributed by atoms with van der Waals surface area (Å²) < 4.78 is 22.5. The van der Waals surface area contributed by atoms with E-state index in [-0.39, 0.29) is 11.6 Å². The van der Waals surface area contributed by atoms with Crippen LogP contribution in [0.1, 0.15) is 20.3 Å². The van der Waals surface area contributed by atoms with Gasteiger partial charge in [-0.05, 0) is 27.3 Å². The molecule has 0 aromatic carbocycles. The molecule has 5 heteroatoms. The second kappa shape index (κ2) is 4.16. The number of likely N-dealkylation sites (N-methyl/N-ethyl adjacent to an activating group) is 1. The summed E-state index contributed by atoms with van der Waals surface area (Å²) in [4.78, 5) is 0. The predicted octanol–water partition coefficient (Wildman–Crippen LogP) is -0.239. The Morgan fingerprint density at radius 3 is 2.50 bits per heavy atom. The summed E-state index contributed by atoms with van der Waals surface area (Å²) in [5.74, 6) is 0.625. The maximum Gasteiger partial charge on any atom is 0.151 e. The Morgan fingerprint density at radius 2 is 2.07 bits per heavy atom. The van der Waals surface area contributed by atoms with Crippen LogP contribution in [0.2, 0.25) is 0 Å². The molecule has 0 aromatic heterocycles. The van der Waals surface area contributed by atoms with Crippen molar-refractivity contribution in [2.24, 2.45) is 0 Å². The third-order valence-electron chi connectivity index (χ3n) is 2.45. The Morgan fingerprint density at radius 1 is 1.43 bits per heavy atom. The fraction of sp³-hybridized carbons (Fsp3) is 1.00. The molecule has 1 atom stereocenters. The number of hydrogen-bond acceptors (Lipinski definition) is 4. The standard InChI is InChI=1S/C9H20N2O2S/c1-9(2,7-10-3)11-8-4-5-14(12,13)6-8/h8,10-11H,4-7H2,1-3H3. The highest BCUT2D eigenvalue weighted by molar-refractivity contribution is 7.91. The highest BCUT2D eigenvalue weighted by Gasteiger charge is 2.31. The first-order valence-corrected chi connectivity index (χ1v) is 6.79. The van der Waals surface area contributed by atoms with Crippen LogP contribution < -0.4 is 10.6 Å². The molecule has 1 saturated heterocycles. The van der Waals surface area contributed by atoms with Gasteiger partial charge in [-0.15, -0.1) is 0 Å². The van der Waals surface area contributed by atoms with Gasteiger partial charge in [0.1, 0.15) is 0 Å². The molecular formula is C9H20N2O2S. The van der Waals surface area contributed by atoms with Crippen LogP contribution in [0.15, 0.2) is 0 Å². The zero-order valence-corrected chi connectivity index (χ0v) is 9.95. The van der Waals surface area contributed by atoms with Crippen molar-refractivity contribution in [3.05, 3.63) is 0 Å². The van der Waals surface area contributed by atoms with E-state index in [0.717, 1.165) is 13.0 Å². The molecule has 0 radical (unpaired) electrons. The zero-order chi connectivity index (χ0) is 10.8. The van der Waals surface area contributed by atoms with E-state index in [9.17, 15) is 8.42 Å². The van der Waals surface area contributed by atoms with Crippen molar-refractivity contribution in [3.8, 4) is 0 Å². The normalized spacial score (nSPS) is 26.6. The third-order valence-corrected chi connectivity index (χ3v) is 4.21. The molecule has 14 heavy (non-hydrogen) atoms. The molecule has 0 spiro atoms. The van der Waals surface area contributed by atoms with Gasteiger partial charge >= 0.3 is 0 Å². The van der Waals surface area contributed by atoms with Crippen LogP contribution >= 0.6 is 0 Å². The lowest BCUT2D eigenvalue weighted by Crippen LogP contribution is -2.51. The van der Waals surface area contributed by atoms with Gasteiger partial charge in [0.2, 0.25) is 0 Å². The highest BCUT2D eigenvalue weighted by atomic mass is 32.2. The minimum absolute atomic E-state index is 0.0424. The summed E-state index contributed by atoms with van der Waals surface area (Å²) >= 11 is 0. The van der Waals surface area contributed by atoms with Crippen molar-refractivity contribution >= 4 is 9.84 Å². The molecule has 4 nitrogen and oxygen atoms in total. The number of hydrogen-bond donors (Lipinski definition) is 2. The highest BCUT2D eigenvalue weighted by Crippen LogP contribution is 2.14. The summed E-state index contributed by atoms with van der Waals surface area (Å²) in [5, 5.41) is 6.46. The van der Waals surface area contributed by atoms with Gasteiger partial charge in [-0.25, -0.2) is 8.42 Å². The van der Waals surface area contributed by atoms with Gasteiger partial charge in [0, 0.05) is 18.1 Å². The summed E-state index contributed by atoms with van der Waals surface area (Å²) in [6.45, 7) is 4.99. The van der Waals surface area contributed by atoms with Crippen LogP contribution in [0.25, 0.3) is 0 Å². The van der Waals surface area contributed by atoms with E-state index in [1.165, 1.54) is 0 Å². The molecule has 0 bridgehead atoms. The Hall–Kier alpha value is -0.130. The van der Waals surface area contributed by atoms with Gasteiger partial charge in [-0.2, -0.15) is 0 Å². The first-order chi connectivity index (χ1) is 6.35. The van der Waals surface area contributed by atoms with Gasteiger partial charge in [0.05, 0.1) is 11.5 Å². The molecule has 1 heterocycles. The van der Waals surface area contributed by atoms with E-state index >= 15 is 0 Å². The topological polar surface area (TPSA) is 58.2 Å². The first kappa shape index (κ1) is 11.9. The lowest BCUT2D eigenvalue weighted by molar-refractivity contribution is 0.337. The molecule has 1 unspecified atom stereocenters. The Bertz CT molecular complexity index is 285. The Kier molecular flexibility index (Phi) is 3.55. The van der Waals surface area contributed by atoms with Crippen LogP contribution in [0.5, 0.6) is 0 Å². The van der Waals surface area contributed by atoms with Crippen molar-refractivity contribution in [2.75, 3.05) is 25.1 Å². The Labute approximate surface area is 86.4 Å². The summed E-state index contributed by atoms with van der Waals surface area (Å²) in [5.41, 5.74) is -0.0424. The molecule has 0 aromatic rings. The molecule has 0 saturated carbocycles. The van der Waals surface area contributed by atoms with E-state index in [1.54, 1.807) is 0 Å². The molecule has 1 rings (SSSR count). The van der Waals surface area contributed by atoms with Gasteiger partial charge in [-0.1, -0.05) is 0 Å². The third kappa shape index (κ3) is 3.55. The minimum atomic E-state index is -2.77. The average Bonchev–Trinajstić information content (AvgIpc) is 2.28. The van der Waals surface area contributed by atoms with Crippen LogP contribution in [0, 0.1) is 0 Å². The monoisotopic (exact) mass is 220 g/mol. The molecule has 1 aliphatic rings. The first-order valence-electron chi connectivity index (χ1n) is 4.97. The predicted molar refractivity (Wildman–Crippen MR) is 58.2 cm³/mol. The zero-order valence-electron chi connectivity index (χ0n) is 9.13. The molecular weight excluding hydrogens is 200 g/mol. The smallest absolute Gasteiger partial charge is 0.151 e. The van der Waals surface area contributed by atoms with E-state index in [1.807, 2.05) is 7.05 Å². The van der Waals surface area contributed by atoms with E-state index in [0.29, 0.717) is 11.5 Å². The summed E-state index contributed by atoms with van der Waals surface area (Å²) in [6, 6.07) is 0.128. The maximum atomic E-state index is 11.2. The second-order valence-corrected chi connectivity index (χ2v) is 6.89. The van der Waals surface area contributed by atoms with Gasteiger partial charge in [0.25, 0.3) is 0 Å². The minimum Gasteiger partial charge on any atom is -0.318 e. The van der Waals surface area contributed by atoms with Crippen molar-refractivity contribution in [2.45, 2.75) is 31.8 Å². The number of sulfone groups is 1. The lowest BCUT2D eigenvalue weighted by atomic mass is 10.0. The second-order valence-electron chi connectivity index (χ2n) is 4.66. The maximum absolute atomic E-state index is 11.2. The lowest BCUT2D eigenvalue weighted by Gasteiger charge is -2.29. The van der Waals surface area contributed by atoms with E-state index in [2.05, 4.69) is 24.5 Å². The average molecular weight is 220 g/mol. The van der Waals surface area contributed by atoms with Gasteiger partial charge < -0.3 is 10.6 Å². The molecule has 1 aliphatic heterocycles. The van der Waals surface area contributed by atoms with Crippen molar-refractivity contribution in [1.82, 2.24) is 10.6 Å². The number of rotatable bonds is 4. The largest absolute Gasteiger partial charge is 0.318 e. The molecule has 0 amide bonds. The van der Waals surface area contributed by atoms with Crippen LogP contribution in [0.3, 0.4) is 0 Å². The SMILES string of the molecule is CNCC(C)(C)NC1CCS(=O)(=O)C1. The van der Waals surface area contributed by atoms with Crippen LogP contribution in [-0.4, -0.2) is 45.1 Å². The van der Waals surface area contributed by atoms with Crippen molar-refractivity contribution in [3.63, 3.8) is 0 Å². The van der Waals surface area contributed by atoms with Crippen LogP contribution in [0.4, 0.5) is 0 Å². The molecule has 0 aliphatic carbocycles. The number of nitrogens with one attached hydrogen (secondary N) is 2. The van der Waals surface area contributed by atoms with E-state index < -0.39 is 9.84 Å². The molecule has 1 fully saturated rings. The van der Waals surface area contributed by atoms with Crippen molar-refractivity contribution in [1.29, 1.82) is 0 Å². The Balaban J connectivity index is 2.46.